The Bertz CT molecular complexity index is 634. The molecule has 0 radical (unpaired) electrons. The fourth-order valence-electron chi connectivity index (χ4n) is 2.37. The van der Waals surface area contributed by atoms with Crippen molar-refractivity contribution in [3.63, 3.8) is 0 Å². The molecule has 0 saturated carbocycles. The fourth-order valence-corrected chi connectivity index (χ4v) is 2.62. The van der Waals surface area contributed by atoms with E-state index in [-0.39, 0.29) is 11.1 Å². The minimum absolute atomic E-state index is 0.223. The summed E-state index contributed by atoms with van der Waals surface area (Å²) in [6.45, 7) is 1.79. The Kier molecular flexibility index (Phi) is 3.28. The summed E-state index contributed by atoms with van der Waals surface area (Å²) in [4.78, 5) is 12.1. The molecule has 1 unspecified atom stereocenters. The summed E-state index contributed by atoms with van der Waals surface area (Å²) in [6, 6.07) is 0. The molecule has 3 rings (SSSR count). The van der Waals surface area contributed by atoms with Crippen LogP contribution in [0.3, 0.4) is 0 Å². The summed E-state index contributed by atoms with van der Waals surface area (Å²) in [5.74, 6) is 0.251. The van der Waals surface area contributed by atoms with E-state index in [2.05, 4.69) is 27.6 Å². The van der Waals surface area contributed by atoms with Crippen molar-refractivity contribution in [3.05, 3.63) is 12.7 Å². The van der Waals surface area contributed by atoms with Crippen LogP contribution in [-0.4, -0.2) is 53.3 Å². The minimum atomic E-state index is -1.09. The number of aliphatic hydroxyl groups excluding tert-OH is 2. The summed E-state index contributed by atoms with van der Waals surface area (Å²) in [6.07, 6.45) is -0.708. The highest BCUT2D eigenvalue weighted by atomic mass is 32.1. The standard InChI is InChI=1S/C11H15N5O3S/c1-4(20)8-6(17)7(18)11(19-8)16-3-15-5-9(12)13-2-14-10(5)16/h2-4,6-8,11,17-18,20H,1H3,(H2,12,13,14)/t4?,6-,7+,8+,11+/m0/s1. The van der Waals surface area contributed by atoms with Gasteiger partial charge in [-0.25, -0.2) is 15.0 Å². The van der Waals surface area contributed by atoms with Crippen molar-refractivity contribution in [1.82, 2.24) is 19.5 Å². The second-order valence-corrected chi connectivity index (χ2v) is 5.61. The Morgan fingerprint density at radius 1 is 1.35 bits per heavy atom. The van der Waals surface area contributed by atoms with Crippen LogP contribution in [0.1, 0.15) is 13.2 Å². The van der Waals surface area contributed by atoms with Crippen LogP contribution in [0.15, 0.2) is 12.7 Å². The van der Waals surface area contributed by atoms with E-state index in [9.17, 15) is 10.2 Å². The molecule has 1 aliphatic heterocycles. The molecule has 1 fully saturated rings. The first-order valence-corrected chi connectivity index (χ1v) is 6.65. The van der Waals surface area contributed by atoms with Gasteiger partial charge in [0.15, 0.2) is 17.7 Å². The van der Waals surface area contributed by atoms with Gasteiger partial charge in [-0.2, -0.15) is 12.6 Å². The topological polar surface area (TPSA) is 119 Å². The molecule has 1 aliphatic rings. The Morgan fingerprint density at radius 3 is 2.75 bits per heavy atom. The normalized spacial score (nSPS) is 31.8. The Balaban J connectivity index is 2.02. The number of aromatic nitrogens is 4. The summed E-state index contributed by atoms with van der Waals surface area (Å²) >= 11 is 4.25. The Hall–Kier alpha value is -1.42. The average Bonchev–Trinajstić information content (AvgIpc) is 2.94. The second-order valence-electron chi connectivity index (χ2n) is 4.80. The number of imidazole rings is 1. The summed E-state index contributed by atoms with van der Waals surface area (Å²) in [5.41, 5.74) is 6.59. The molecule has 2 aromatic rings. The van der Waals surface area contributed by atoms with Crippen molar-refractivity contribution in [2.45, 2.75) is 36.7 Å². The van der Waals surface area contributed by atoms with Crippen LogP contribution in [0.5, 0.6) is 0 Å². The minimum Gasteiger partial charge on any atom is -0.387 e. The van der Waals surface area contributed by atoms with Crippen molar-refractivity contribution in [1.29, 1.82) is 0 Å². The van der Waals surface area contributed by atoms with Crippen molar-refractivity contribution in [2.24, 2.45) is 0 Å². The van der Waals surface area contributed by atoms with Gasteiger partial charge in [0.1, 0.15) is 30.2 Å². The number of nitrogens with two attached hydrogens (primary N) is 1. The van der Waals surface area contributed by atoms with Crippen LogP contribution in [-0.2, 0) is 4.74 Å². The van der Waals surface area contributed by atoms with Gasteiger partial charge < -0.3 is 20.7 Å². The monoisotopic (exact) mass is 297 g/mol. The molecule has 1 saturated heterocycles. The zero-order valence-electron chi connectivity index (χ0n) is 10.7. The number of hydrogen-bond acceptors (Lipinski definition) is 8. The molecule has 20 heavy (non-hydrogen) atoms. The zero-order chi connectivity index (χ0) is 14.4. The van der Waals surface area contributed by atoms with Gasteiger partial charge in [-0.05, 0) is 0 Å². The smallest absolute Gasteiger partial charge is 0.167 e. The molecule has 3 heterocycles. The van der Waals surface area contributed by atoms with E-state index < -0.39 is 24.5 Å². The molecule has 9 heteroatoms. The second kappa shape index (κ2) is 4.85. The maximum atomic E-state index is 10.1. The first-order chi connectivity index (χ1) is 9.50. The predicted molar refractivity (Wildman–Crippen MR) is 74.1 cm³/mol. The Morgan fingerprint density at radius 2 is 2.10 bits per heavy atom. The van der Waals surface area contributed by atoms with Crippen LogP contribution in [0.25, 0.3) is 11.2 Å². The summed E-state index contributed by atoms with van der Waals surface area (Å²) in [7, 11) is 0. The average molecular weight is 297 g/mol. The van der Waals surface area contributed by atoms with Gasteiger partial charge in [0.05, 0.1) is 6.33 Å². The molecule has 5 atom stereocenters. The Labute approximate surface area is 120 Å². The maximum absolute atomic E-state index is 10.1. The number of anilines is 1. The quantitative estimate of drug-likeness (QED) is 0.544. The zero-order valence-corrected chi connectivity index (χ0v) is 11.6. The van der Waals surface area contributed by atoms with E-state index in [0.29, 0.717) is 11.2 Å². The SMILES string of the molecule is CC(S)[C@H]1O[C@@H](n2cnc3c(N)ncnc32)[C@H](O)[C@@H]1O. The van der Waals surface area contributed by atoms with Crippen molar-refractivity contribution in [3.8, 4) is 0 Å². The molecule has 0 aliphatic carbocycles. The van der Waals surface area contributed by atoms with Crippen molar-refractivity contribution in [2.75, 3.05) is 5.73 Å². The van der Waals surface area contributed by atoms with E-state index >= 15 is 0 Å². The molecule has 2 aromatic heterocycles. The van der Waals surface area contributed by atoms with Crippen molar-refractivity contribution >= 4 is 29.6 Å². The lowest BCUT2D eigenvalue weighted by atomic mass is 10.1. The van der Waals surface area contributed by atoms with E-state index in [0.717, 1.165) is 0 Å². The maximum Gasteiger partial charge on any atom is 0.167 e. The van der Waals surface area contributed by atoms with Gasteiger partial charge in [-0.15, -0.1) is 0 Å². The molecular formula is C11H15N5O3S. The van der Waals surface area contributed by atoms with Gasteiger partial charge >= 0.3 is 0 Å². The number of thiol groups is 1. The van der Waals surface area contributed by atoms with E-state index in [1.807, 2.05) is 0 Å². The molecule has 0 bridgehead atoms. The number of ether oxygens (including phenoxy) is 1. The molecule has 8 nitrogen and oxygen atoms in total. The van der Waals surface area contributed by atoms with Crippen LogP contribution in [0.2, 0.25) is 0 Å². The lowest BCUT2D eigenvalue weighted by Gasteiger charge is -2.17. The number of aliphatic hydroxyl groups is 2. The number of nitrogens with zero attached hydrogens (tertiary/aromatic N) is 4. The molecule has 108 valence electrons. The summed E-state index contributed by atoms with van der Waals surface area (Å²) in [5, 5.41) is 19.9. The van der Waals surface area contributed by atoms with Crippen LogP contribution in [0, 0.1) is 0 Å². The number of nitrogen functional groups attached to an aromatic ring is 1. The first-order valence-electron chi connectivity index (χ1n) is 6.13. The number of fused-ring (bicyclic) bond motifs is 1. The lowest BCUT2D eigenvalue weighted by molar-refractivity contribution is -0.0338. The highest BCUT2D eigenvalue weighted by molar-refractivity contribution is 7.81. The highest BCUT2D eigenvalue weighted by Crippen LogP contribution is 2.34. The first kappa shape index (κ1) is 13.6. The van der Waals surface area contributed by atoms with Gasteiger partial charge in [0.2, 0.25) is 0 Å². The predicted octanol–water partition coefficient (Wildman–Crippen LogP) is -0.654. The van der Waals surface area contributed by atoms with E-state index in [4.69, 9.17) is 10.5 Å². The molecule has 0 aromatic carbocycles. The van der Waals surface area contributed by atoms with Crippen LogP contribution in [0.4, 0.5) is 5.82 Å². The number of hydrogen-bond donors (Lipinski definition) is 4. The fraction of sp³-hybridized carbons (Fsp3) is 0.545. The summed E-state index contributed by atoms with van der Waals surface area (Å²) < 4.78 is 7.22. The molecular weight excluding hydrogens is 282 g/mol. The van der Waals surface area contributed by atoms with Gasteiger partial charge in [-0.3, -0.25) is 4.57 Å². The third-order valence-electron chi connectivity index (χ3n) is 3.41. The highest BCUT2D eigenvalue weighted by Gasteiger charge is 2.45. The molecule has 4 N–H and O–H groups in total. The largest absolute Gasteiger partial charge is 0.387 e. The third kappa shape index (κ3) is 1.94. The molecule has 0 amide bonds. The number of rotatable bonds is 2. The third-order valence-corrected chi connectivity index (χ3v) is 3.71. The van der Waals surface area contributed by atoms with E-state index in [1.54, 1.807) is 6.92 Å². The molecule has 0 spiro atoms. The van der Waals surface area contributed by atoms with Gasteiger partial charge in [0.25, 0.3) is 0 Å². The van der Waals surface area contributed by atoms with E-state index in [1.165, 1.54) is 17.2 Å². The van der Waals surface area contributed by atoms with Crippen LogP contribution >= 0.6 is 12.6 Å². The van der Waals surface area contributed by atoms with Crippen LogP contribution < -0.4 is 5.73 Å². The van der Waals surface area contributed by atoms with Gasteiger partial charge in [0, 0.05) is 5.25 Å². The van der Waals surface area contributed by atoms with Crippen molar-refractivity contribution < 1.29 is 14.9 Å². The van der Waals surface area contributed by atoms with Gasteiger partial charge in [-0.1, -0.05) is 6.92 Å². The lowest BCUT2D eigenvalue weighted by Crippen LogP contribution is -2.35.